The second kappa shape index (κ2) is 4.00. The van der Waals surface area contributed by atoms with Gasteiger partial charge in [0, 0.05) is 12.4 Å². The highest BCUT2D eigenvalue weighted by molar-refractivity contribution is 7.16. The molecular weight excluding hydrogens is 238 g/mol. The third-order valence-electron chi connectivity index (χ3n) is 1.67. The van der Waals surface area contributed by atoms with Crippen LogP contribution in [-0.2, 0) is 4.74 Å². The summed E-state index contributed by atoms with van der Waals surface area (Å²) < 4.78 is 6.24. The van der Waals surface area contributed by atoms with Crippen molar-refractivity contribution >= 4 is 28.9 Å². The molecule has 78 valence electrons. The lowest BCUT2D eigenvalue weighted by atomic mass is 10.6. The maximum atomic E-state index is 11.3. The summed E-state index contributed by atoms with van der Waals surface area (Å²) in [5.41, 5.74) is 0. The highest BCUT2D eigenvalue weighted by Crippen LogP contribution is 2.26. The predicted molar refractivity (Wildman–Crippen MR) is 55.6 cm³/mol. The average molecular weight is 244 g/mol. The summed E-state index contributed by atoms with van der Waals surface area (Å²) in [7, 11) is 1.30. The third kappa shape index (κ3) is 1.86. The van der Waals surface area contributed by atoms with Gasteiger partial charge in [0.05, 0.1) is 7.11 Å². The molecule has 0 fully saturated rings. The zero-order valence-corrected chi connectivity index (χ0v) is 9.25. The molecule has 0 spiro atoms. The van der Waals surface area contributed by atoms with Crippen LogP contribution in [0.3, 0.4) is 0 Å². The fourth-order valence-electron chi connectivity index (χ4n) is 0.992. The zero-order chi connectivity index (χ0) is 10.8. The SMILES string of the molecule is COC(=O)c1sc(-n2ccnc2)nc1Cl. The van der Waals surface area contributed by atoms with Crippen molar-refractivity contribution in [2.24, 2.45) is 0 Å². The van der Waals surface area contributed by atoms with Gasteiger partial charge in [-0.25, -0.2) is 14.8 Å². The van der Waals surface area contributed by atoms with Crippen LogP contribution in [0.2, 0.25) is 5.15 Å². The number of methoxy groups -OCH3 is 1. The normalized spacial score (nSPS) is 10.3. The Morgan fingerprint density at radius 2 is 2.47 bits per heavy atom. The molecule has 5 nitrogen and oxygen atoms in total. The fourth-order valence-corrected chi connectivity index (χ4v) is 2.14. The Hall–Kier alpha value is -1.40. The molecule has 0 saturated carbocycles. The quantitative estimate of drug-likeness (QED) is 0.755. The lowest BCUT2D eigenvalue weighted by Gasteiger charge is -1.92. The molecule has 0 amide bonds. The Morgan fingerprint density at radius 3 is 3.07 bits per heavy atom. The van der Waals surface area contributed by atoms with Gasteiger partial charge >= 0.3 is 5.97 Å². The van der Waals surface area contributed by atoms with Crippen LogP contribution in [0.1, 0.15) is 9.67 Å². The van der Waals surface area contributed by atoms with E-state index in [1.165, 1.54) is 7.11 Å². The molecule has 7 heteroatoms. The molecule has 0 aliphatic rings. The van der Waals surface area contributed by atoms with Crippen molar-refractivity contribution in [1.82, 2.24) is 14.5 Å². The summed E-state index contributed by atoms with van der Waals surface area (Å²) in [4.78, 5) is 19.5. The van der Waals surface area contributed by atoms with Gasteiger partial charge in [-0.15, -0.1) is 0 Å². The van der Waals surface area contributed by atoms with Crippen molar-refractivity contribution < 1.29 is 9.53 Å². The number of carbonyl (C=O) groups is 1. The average Bonchev–Trinajstić information content (AvgIpc) is 2.84. The highest BCUT2D eigenvalue weighted by Gasteiger charge is 2.17. The number of nitrogens with zero attached hydrogens (tertiary/aromatic N) is 3. The van der Waals surface area contributed by atoms with Gasteiger partial charge in [0.25, 0.3) is 0 Å². The second-order valence-electron chi connectivity index (χ2n) is 2.58. The molecule has 2 aromatic heterocycles. The van der Waals surface area contributed by atoms with Gasteiger partial charge in [0.1, 0.15) is 6.33 Å². The predicted octanol–water partition coefficient (Wildman–Crippen LogP) is 1.77. The van der Waals surface area contributed by atoms with E-state index in [1.807, 2.05) is 0 Å². The van der Waals surface area contributed by atoms with E-state index in [2.05, 4.69) is 14.7 Å². The highest BCUT2D eigenvalue weighted by atomic mass is 35.5. The van der Waals surface area contributed by atoms with Crippen molar-refractivity contribution in [1.29, 1.82) is 0 Å². The fraction of sp³-hybridized carbons (Fsp3) is 0.125. The summed E-state index contributed by atoms with van der Waals surface area (Å²) >= 11 is 6.96. The first-order valence-electron chi connectivity index (χ1n) is 3.95. The molecule has 15 heavy (non-hydrogen) atoms. The van der Waals surface area contributed by atoms with Crippen molar-refractivity contribution in [3.05, 3.63) is 28.8 Å². The molecule has 0 aliphatic heterocycles. The molecule has 0 bridgehead atoms. The van der Waals surface area contributed by atoms with Crippen LogP contribution in [0, 0.1) is 0 Å². The number of esters is 1. The molecule has 0 N–H and O–H groups in total. The van der Waals surface area contributed by atoms with Crippen LogP contribution in [0.5, 0.6) is 0 Å². The molecule has 0 saturated heterocycles. The number of imidazole rings is 1. The third-order valence-corrected chi connectivity index (χ3v) is 3.10. The summed E-state index contributed by atoms with van der Waals surface area (Å²) in [6.07, 6.45) is 4.92. The van der Waals surface area contributed by atoms with Gasteiger partial charge in [0.2, 0.25) is 0 Å². The van der Waals surface area contributed by atoms with Gasteiger partial charge < -0.3 is 4.74 Å². The van der Waals surface area contributed by atoms with E-state index < -0.39 is 5.97 Å². The van der Waals surface area contributed by atoms with E-state index in [-0.39, 0.29) is 5.15 Å². The number of hydrogen-bond donors (Lipinski definition) is 0. The lowest BCUT2D eigenvalue weighted by molar-refractivity contribution is 0.0606. The lowest BCUT2D eigenvalue weighted by Crippen LogP contribution is -1.98. The number of carbonyl (C=O) groups excluding carboxylic acids is 1. The minimum Gasteiger partial charge on any atom is -0.465 e. The number of ether oxygens (including phenoxy) is 1. The number of rotatable bonds is 2. The largest absolute Gasteiger partial charge is 0.465 e. The smallest absolute Gasteiger partial charge is 0.351 e. The van der Waals surface area contributed by atoms with Gasteiger partial charge in [-0.1, -0.05) is 22.9 Å². The molecule has 0 atom stereocenters. The van der Waals surface area contributed by atoms with E-state index in [0.29, 0.717) is 10.0 Å². The van der Waals surface area contributed by atoms with Gasteiger partial charge in [0.15, 0.2) is 15.2 Å². The van der Waals surface area contributed by atoms with Crippen LogP contribution in [-0.4, -0.2) is 27.6 Å². The first-order valence-corrected chi connectivity index (χ1v) is 5.15. The zero-order valence-electron chi connectivity index (χ0n) is 7.68. The van der Waals surface area contributed by atoms with Crippen molar-refractivity contribution in [2.75, 3.05) is 7.11 Å². The van der Waals surface area contributed by atoms with Crippen LogP contribution in [0.15, 0.2) is 18.7 Å². The maximum absolute atomic E-state index is 11.3. The molecule has 0 aliphatic carbocycles. The molecule has 2 rings (SSSR count). The number of halogens is 1. The molecular formula is C8H6ClN3O2S. The second-order valence-corrected chi connectivity index (χ2v) is 3.91. The van der Waals surface area contributed by atoms with Crippen LogP contribution in [0.4, 0.5) is 0 Å². The first-order chi connectivity index (χ1) is 7.22. The van der Waals surface area contributed by atoms with Crippen LogP contribution in [0.25, 0.3) is 5.13 Å². The van der Waals surface area contributed by atoms with Crippen molar-refractivity contribution in [3.8, 4) is 5.13 Å². The Morgan fingerprint density at radius 1 is 1.67 bits per heavy atom. The monoisotopic (exact) mass is 243 g/mol. The maximum Gasteiger partial charge on any atom is 0.351 e. The topological polar surface area (TPSA) is 57.0 Å². The van der Waals surface area contributed by atoms with Crippen molar-refractivity contribution in [2.45, 2.75) is 0 Å². The molecule has 2 heterocycles. The number of hydrogen-bond acceptors (Lipinski definition) is 5. The van der Waals surface area contributed by atoms with E-state index in [9.17, 15) is 4.79 Å². The Kier molecular flexibility index (Phi) is 2.70. The van der Waals surface area contributed by atoms with Gasteiger partial charge in [-0.3, -0.25) is 4.57 Å². The van der Waals surface area contributed by atoms with E-state index in [4.69, 9.17) is 11.6 Å². The van der Waals surface area contributed by atoms with E-state index in [0.717, 1.165) is 11.3 Å². The van der Waals surface area contributed by atoms with E-state index >= 15 is 0 Å². The molecule has 2 aromatic rings. The Labute approximate surface area is 94.3 Å². The Balaban J connectivity index is 2.41. The summed E-state index contributed by atoms with van der Waals surface area (Å²) in [5, 5.41) is 0.730. The molecule has 0 unspecified atom stereocenters. The minimum absolute atomic E-state index is 0.149. The summed E-state index contributed by atoms with van der Waals surface area (Å²) in [6, 6.07) is 0. The molecule has 0 radical (unpaired) electrons. The molecule has 0 aromatic carbocycles. The van der Waals surface area contributed by atoms with E-state index in [1.54, 1.807) is 23.3 Å². The minimum atomic E-state index is -0.483. The standard InChI is InChI=1S/C8H6ClN3O2S/c1-14-7(13)5-6(9)11-8(15-5)12-3-2-10-4-12/h2-4H,1H3. The van der Waals surface area contributed by atoms with Gasteiger partial charge in [-0.2, -0.15) is 0 Å². The number of aromatic nitrogens is 3. The summed E-state index contributed by atoms with van der Waals surface area (Å²) in [6.45, 7) is 0. The van der Waals surface area contributed by atoms with Crippen LogP contribution < -0.4 is 0 Å². The first kappa shape index (κ1) is 10.1. The Bertz CT molecular complexity index is 480. The summed E-state index contributed by atoms with van der Waals surface area (Å²) in [5.74, 6) is -0.483. The van der Waals surface area contributed by atoms with Crippen molar-refractivity contribution in [3.63, 3.8) is 0 Å². The van der Waals surface area contributed by atoms with Crippen LogP contribution >= 0.6 is 22.9 Å². The van der Waals surface area contributed by atoms with Gasteiger partial charge in [-0.05, 0) is 0 Å². The number of thiazole rings is 1.